The minimum atomic E-state index is -0.335. The van der Waals surface area contributed by atoms with Gasteiger partial charge in [-0.2, -0.15) is 5.10 Å². The van der Waals surface area contributed by atoms with E-state index in [1.807, 2.05) is 25.2 Å². The molecule has 1 unspecified atom stereocenters. The van der Waals surface area contributed by atoms with Crippen molar-refractivity contribution >= 4 is 42.1 Å². The number of likely N-dealkylation sites (N-methyl/N-ethyl adjacent to an activating group) is 1. The van der Waals surface area contributed by atoms with Crippen molar-refractivity contribution in [3.05, 3.63) is 34.0 Å². The number of piperazine rings is 1. The molecular weight excluding hydrogens is 431 g/mol. The fourth-order valence-electron chi connectivity index (χ4n) is 3.28. The van der Waals surface area contributed by atoms with E-state index in [0.717, 1.165) is 44.0 Å². The Balaban J connectivity index is 0.00000210. The zero-order valence-corrected chi connectivity index (χ0v) is 20.2. The number of nitrogens with zero attached hydrogens (tertiary/aromatic N) is 5. The molecule has 0 radical (unpaired) electrons. The average molecular weight is 463 g/mol. The normalized spacial score (nSPS) is 16.1. The fourth-order valence-corrected chi connectivity index (χ4v) is 4.18. The summed E-state index contributed by atoms with van der Waals surface area (Å²) in [5.41, 5.74) is 2.14. The van der Waals surface area contributed by atoms with Crippen molar-refractivity contribution in [1.29, 1.82) is 0 Å². The van der Waals surface area contributed by atoms with Gasteiger partial charge in [-0.1, -0.05) is 20.8 Å². The Morgan fingerprint density at radius 1 is 1.24 bits per heavy atom. The monoisotopic (exact) mass is 462 g/mol. The second kappa shape index (κ2) is 10.7. The van der Waals surface area contributed by atoms with Crippen LogP contribution in [-0.2, 0) is 23.8 Å². The second-order valence-corrected chi connectivity index (χ2v) is 9.02. The van der Waals surface area contributed by atoms with Crippen molar-refractivity contribution in [2.24, 2.45) is 7.05 Å². The maximum Gasteiger partial charge on any atom is 0.244 e. The number of thiazole rings is 1. The van der Waals surface area contributed by atoms with E-state index in [-0.39, 0.29) is 42.2 Å². The zero-order chi connectivity index (χ0) is 19.6. The summed E-state index contributed by atoms with van der Waals surface area (Å²) in [4.78, 5) is 22.0. The number of hydrogen-bond donors (Lipinski definition) is 1. The van der Waals surface area contributed by atoms with Crippen LogP contribution in [0.1, 0.15) is 43.1 Å². The number of amides is 1. The molecule has 164 valence electrons. The Morgan fingerprint density at radius 3 is 2.38 bits per heavy atom. The van der Waals surface area contributed by atoms with Crippen LogP contribution in [0, 0.1) is 0 Å². The van der Waals surface area contributed by atoms with Crippen LogP contribution in [-0.4, -0.2) is 63.7 Å². The summed E-state index contributed by atoms with van der Waals surface area (Å²) in [6, 6.07) is -0.335. The van der Waals surface area contributed by atoms with Gasteiger partial charge in [-0.05, 0) is 7.05 Å². The van der Waals surface area contributed by atoms with Crippen LogP contribution in [0.2, 0.25) is 0 Å². The molecule has 1 atom stereocenters. The summed E-state index contributed by atoms with van der Waals surface area (Å²) in [5, 5.41) is 10.7. The fraction of sp³-hybridized carbons (Fsp3) is 0.632. The van der Waals surface area contributed by atoms with E-state index in [0.29, 0.717) is 0 Å². The predicted molar refractivity (Wildman–Crippen MR) is 122 cm³/mol. The van der Waals surface area contributed by atoms with E-state index < -0.39 is 0 Å². The maximum atomic E-state index is 12.9. The van der Waals surface area contributed by atoms with E-state index in [4.69, 9.17) is 4.98 Å². The molecule has 1 N–H and O–H groups in total. The standard InChI is InChI=1S/C19H30N6OS.2ClH/c1-19(2,3)18-22-15(13-27-18)12-24-6-8-25(9-7-24)17(26)16(20-4)14-10-21-23(5)11-14;;/h10-11,13,16,20H,6-9,12H2,1-5H3;2*1H. The lowest BCUT2D eigenvalue weighted by Crippen LogP contribution is -2.51. The first-order valence-electron chi connectivity index (χ1n) is 9.40. The van der Waals surface area contributed by atoms with E-state index in [1.54, 1.807) is 22.2 Å². The van der Waals surface area contributed by atoms with Crippen molar-refractivity contribution in [3.63, 3.8) is 0 Å². The first kappa shape index (κ1) is 25.8. The largest absolute Gasteiger partial charge is 0.338 e. The van der Waals surface area contributed by atoms with Crippen LogP contribution in [0.3, 0.4) is 0 Å². The molecular formula is C19H32Cl2N6OS. The van der Waals surface area contributed by atoms with Gasteiger partial charge in [-0.15, -0.1) is 36.2 Å². The van der Waals surface area contributed by atoms with Crippen LogP contribution in [0.5, 0.6) is 0 Å². The first-order valence-corrected chi connectivity index (χ1v) is 10.3. The van der Waals surface area contributed by atoms with Crippen molar-refractivity contribution in [3.8, 4) is 0 Å². The van der Waals surface area contributed by atoms with Gasteiger partial charge in [-0.3, -0.25) is 14.4 Å². The molecule has 0 aromatic carbocycles. The zero-order valence-electron chi connectivity index (χ0n) is 17.7. The Labute approximate surface area is 189 Å². The number of halogens is 2. The first-order chi connectivity index (χ1) is 12.8. The molecule has 0 bridgehead atoms. The van der Waals surface area contributed by atoms with Crippen LogP contribution < -0.4 is 5.32 Å². The van der Waals surface area contributed by atoms with Gasteiger partial charge in [0.1, 0.15) is 6.04 Å². The van der Waals surface area contributed by atoms with Crippen LogP contribution in [0.4, 0.5) is 0 Å². The third kappa shape index (κ3) is 6.39. The number of carbonyl (C=O) groups is 1. The van der Waals surface area contributed by atoms with E-state index in [1.165, 1.54) is 5.01 Å². The molecule has 0 aliphatic carbocycles. The third-order valence-electron chi connectivity index (χ3n) is 4.86. The Morgan fingerprint density at radius 2 is 1.90 bits per heavy atom. The van der Waals surface area contributed by atoms with Crippen molar-refractivity contribution in [2.45, 2.75) is 38.8 Å². The van der Waals surface area contributed by atoms with Gasteiger partial charge in [0.25, 0.3) is 0 Å². The Hall–Kier alpha value is -1.19. The lowest BCUT2D eigenvalue weighted by Gasteiger charge is -2.36. The molecule has 0 spiro atoms. The minimum Gasteiger partial charge on any atom is -0.338 e. The highest BCUT2D eigenvalue weighted by Gasteiger charge is 2.28. The highest BCUT2D eigenvalue weighted by molar-refractivity contribution is 7.09. The van der Waals surface area contributed by atoms with E-state index in [2.05, 4.69) is 41.5 Å². The van der Waals surface area contributed by atoms with Gasteiger partial charge in [-0.25, -0.2) is 4.98 Å². The maximum absolute atomic E-state index is 12.9. The molecule has 2 aromatic heterocycles. The smallest absolute Gasteiger partial charge is 0.244 e. The molecule has 10 heteroatoms. The topological polar surface area (TPSA) is 66.3 Å². The summed E-state index contributed by atoms with van der Waals surface area (Å²) < 4.78 is 1.73. The quantitative estimate of drug-likeness (QED) is 0.739. The van der Waals surface area contributed by atoms with Gasteiger partial charge in [0.05, 0.1) is 16.9 Å². The predicted octanol–water partition coefficient (Wildman–Crippen LogP) is 2.62. The molecule has 0 saturated carbocycles. The number of carbonyl (C=O) groups excluding carboxylic acids is 1. The second-order valence-electron chi connectivity index (χ2n) is 8.16. The lowest BCUT2D eigenvalue weighted by atomic mass is 9.98. The summed E-state index contributed by atoms with van der Waals surface area (Å²) in [7, 11) is 3.68. The van der Waals surface area contributed by atoms with Gasteiger partial charge in [0.15, 0.2) is 0 Å². The van der Waals surface area contributed by atoms with Gasteiger partial charge in [0, 0.05) is 62.3 Å². The number of aryl methyl sites for hydroxylation is 1. The van der Waals surface area contributed by atoms with Gasteiger partial charge < -0.3 is 10.2 Å². The Kier molecular flexibility index (Phi) is 9.56. The van der Waals surface area contributed by atoms with Crippen molar-refractivity contribution in [2.75, 3.05) is 33.2 Å². The van der Waals surface area contributed by atoms with Crippen molar-refractivity contribution in [1.82, 2.24) is 29.9 Å². The summed E-state index contributed by atoms with van der Waals surface area (Å²) in [6.45, 7) is 10.7. The number of nitrogens with one attached hydrogen (secondary N) is 1. The summed E-state index contributed by atoms with van der Waals surface area (Å²) in [5.74, 6) is 0.119. The van der Waals surface area contributed by atoms with E-state index >= 15 is 0 Å². The molecule has 1 aliphatic rings. The SMILES string of the molecule is CNC(C(=O)N1CCN(Cc2csc(C(C)(C)C)n2)CC1)c1cnn(C)c1.Cl.Cl. The highest BCUT2D eigenvalue weighted by Crippen LogP contribution is 2.26. The number of rotatable bonds is 5. The van der Waals surface area contributed by atoms with Gasteiger partial charge in [0.2, 0.25) is 5.91 Å². The van der Waals surface area contributed by atoms with Gasteiger partial charge >= 0.3 is 0 Å². The lowest BCUT2D eigenvalue weighted by molar-refractivity contribution is -0.135. The molecule has 7 nitrogen and oxygen atoms in total. The molecule has 1 fully saturated rings. The molecule has 29 heavy (non-hydrogen) atoms. The molecule has 3 rings (SSSR count). The van der Waals surface area contributed by atoms with Crippen LogP contribution in [0.25, 0.3) is 0 Å². The Bertz CT molecular complexity index is 780. The van der Waals surface area contributed by atoms with Crippen LogP contribution in [0.15, 0.2) is 17.8 Å². The average Bonchev–Trinajstić information content (AvgIpc) is 3.25. The minimum absolute atomic E-state index is 0. The molecule has 2 aromatic rings. The molecule has 1 saturated heterocycles. The molecule has 3 heterocycles. The number of hydrogen-bond acceptors (Lipinski definition) is 6. The van der Waals surface area contributed by atoms with Crippen molar-refractivity contribution < 1.29 is 4.79 Å². The van der Waals surface area contributed by atoms with E-state index in [9.17, 15) is 4.79 Å². The van der Waals surface area contributed by atoms with Crippen LogP contribution >= 0.6 is 36.2 Å². The molecule has 1 aliphatic heterocycles. The third-order valence-corrected chi connectivity index (χ3v) is 6.17. The highest BCUT2D eigenvalue weighted by atomic mass is 35.5. The molecule has 1 amide bonds. The summed E-state index contributed by atoms with van der Waals surface area (Å²) in [6.07, 6.45) is 3.65. The number of aromatic nitrogens is 3. The summed E-state index contributed by atoms with van der Waals surface area (Å²) >= 11 is 1.74.